The van der Waals surface area contributed by atoms with Crippen molar-refractivity contribution in [3.8, 4) is 0 Å². The molecule has 2 aliphatic rings. The number of hydrogen-bond acceptors (Lipinski definition) is 3. The first-order chi connectivity index (χ1) is 6.29. The Labute approximate surface area is 80.4 Å². The Kier molecular flexibility index (Phi) is 2.86. The minimum atomic E-state index is 0.653. The van der Waals surface area contributed by atoms with E-state index in [0.717, 1.165) is 26.3 Å². The molecule has 0 aromatic heterocycles. The van der Waals surface area contributed by atoms with Crippen molar-refractivity contribution in [1.29, 1.82) is 0 Å². The molecule has 3 atom stereocenters. The van der Waals surface area contributed by atoms with Crippen LogP contribution in [0.2, 0.25) is 0 Å². The van der Waals surface area contributed by atoms with Crippen LogP contribution in [-0.4, -0.2) is 50.3 Å². The second kappa shape index (κ2) is 3.95. The maximum atomic E-state index is 5.55. The van der Waals surface area contributed by atoms with E-state index in [2.05, 4.69) is 24.2 Å². The van der Waals surface area contributed by atoms with E-state index < -0.39 is 0 Å². The lowest BCUT2D eigenvalue weighted by molar-refractivity contribution is 0.00991. The van der Waals surface area contributed by atoms with Gasteiger partial charge in [-0.25, -0.2) is 0 Å². The highest BCUT2D eigenvalue weighted by Crippen LogP contribution is 2.22. The average molecular weight is 184 g/mol. The Bertz CT molecular complexity index is 172. The molecule has 2 rings (SSSR count). The Morgan fingerprint density at radius 3 is 3.15 bits per heavy atom. The number of rotatable bonds is 0. The summed E-state index contributed by atoms with van der Waals surface area (Å²) in [5.41, 5.74) is 0. The Balaban J connectivity index is 2.06. The number of hydrogen-bond donors (Lipinski definition) is 1. The van der Waals surface area contributed by atoms with Gasteiger partial charge in [-0.2, -0.15) is 0 Å². The highest BCUT2D eigenvalue weighted by molar-refractivity contribution is 4.89. The van der Waals surface area contributed by atoms with Gasteiger partial charge in [-0.1, -0.05) is 0 Å². The van der Waals surface area contributed by atoms with E-state index in [4.69, 9.17) is 4.74 Å². The molecule has 0 aliphatic carbocycles. The smallest absolute Gasteiger partial charge is 0.0524 e. The number of nitrogens with one attached hydrogen (secondary N) is 1. The lowest BCUT2D eigenvalue weighted by Gasteiger charge is -2.36. The van der Waals surface area contributed by atoms with Gasteiger partial charge in [0, 0.05) is 37.7 Å². The molecule has 3 heteroatoms. The van der Waals surface area contributed by atoms with Crippen LogP contribution in [0.1, 0.15) is 13.3 Å². The maximum absolute atomic E-state index is 5.55. The summed E-state index contributed by atoms with van der Waals surface area (Å²) in [6.07, 6.45) is 1.18. The molecule has 2 fully saturated rings. The lowest BCUT2D eigenvalue weighted by Crippen LogP contribution is -2.47. The van der Waals surface area contributed by atoms with Crippen LogP contribution < -0.4 is 5.32 Å². The van der Waals surface area contributed by atoms with Crippen LogP contribution in [0.25, 0.3) is 0 Å². The van der Waals surface area contributed by atoms with Gasteiger partial charge < -0.3 is 15.0 Å². The third-order valence-electron chi connectivity index (χ3n) is 3.59. The van der Waals surface area contributed by atoms with E-state index in [1.807, 2.05) is 0 Å². The van der Waals surface area contributed by atoms with Gasteiger partial charge in [0.15, 0.2) is 0 Å². The Morgan fingerprint density at radius 2 is 2.31 bits per heavy atom. The number of likely N-dealkylation sites (N-methyl/N-ethyl adjacent to an activating group) is 1. The second-order valence-electron chi connectivity index (χ2n) is 4.31. The topological polar surface area (TPSA) is 24.5 Å². The largest absolute Gasteiger partial charge is 0.381 e. The quantitative estimate of drug-likeness (QED) is 0.586. The molecule has 2 heterocycles. The van der Waals surface area contributed by atoms with E-state index >= 15 is 0 Å². The predicted molar refractivity (Wildman–Crippen MR) is 52.8 cm³/mol. The van der Waals surface area contributed by atoms with Crippen molar-refractivity contribution in [2.45, 2.75) is 25.4 Å². The third kappa shape index (κ3) is 1.87. The molecule has 1 unspecified atom stereocenters. The number of ether oxygens (including phenoxy) is 1. The molecule has 0 radical (unpaired) electrons. The van der Waals surface area contributed by atoms with E-state index in [1.54, 1.807) is 0 Å². The van der Waals surface area contributed by atoms with E-state index in [0.29, 0.717) is 18.0 Å². The fraction of sp³-hybridized carbons (Fsp3) is 1.00. The molecule has 0 bridgehead atoms. The Morgan fingerprint density at radius 1 is 1.46 bits per heavy atom. The molecule has 2 aliphatic heterocycles. The van der Waals surface area contributed by atoms with E-state index in [9.17, 15) is 0 Å². The van der Waals surface area contributed by atoms with Crippen LogP contribution in [0, 0.1) is 5.92 Å². The van der Waals surface area contributed by atoms with E-state index in [1.165, 1.54) is 6.42 Å². The minimum absolute atomic E-state index is 0.653. The first-order valence-corrected chi connectivity index (χ1v) is 5.30. The summed E-state index contributed by atoms with van der Waals surface area (Å²) in [7, 11) is 2.21. The highest BCUT2D eigenvalue weighted by Gasteiger charge is 2.33. The second-order valence-corrected chi connectivity index (χ2v) is 4.31. The normalized spacial score (nSPS) is 42.5. The van der Waals surface area contributed by atoms with Gasteiger partial charge in [0.1, 0.15) is 0 Å². The van der Waals surface area contributed by atoms with Crippen molar-refractivity contribution in [1.82, 2.24) is 10.2 Å². The van der Waals surface area contributed by atoms with Crippen LogP contribution in [0.3, 0.4) is 0 Å². The molecule has 0 aromatic carbocycles. The molecular formula is C10H20N2O. The first-order valence-electron chi connectivity index (χ1n) is 5.30. The zero-order valence-corrected chi connectivity index (χ0v) is 8.62. The van der Waals surface area contributed by atoms with Crippen molar-refractivity contribution in [2.24, 2.45) is 5.92 Å². The molecule has 2 saturated heterocycles. The van der Waals surface area contributed by atoms with Gasteiger partial charge in [-0.15, -0.1) is 0 Å². The fourth-order valence-electron chi connectivity index (χ4n) is 2.45. The molecule has 13 heavy (non-hydrogen) atoms. The Hall–Kier alpha value is -0.120. The van der Waals surface area contributed by atoms with Crippen LogP contribution in [0.5, 0.6) is 0 Å². The van der Waals surface area contributed by atoms with Crippen LogP contribution in [-0.2, 0) is 4.74 Å². The van der Waals surface area contributed by atoms with Gasteiger partial charge in [0.25, 0.3) is 0 Å². The summed E-state index contributed by atoms with van der Waals surface area (Å²) < 4.78 is 5.55. The summed E-state index contributed by atoms with van der Waals surface area (Å²) in [6.45, 7) is 6.48. The van der Waals surface area contributed by atoms with Crippen molar-refractivity contribution >= 4 is 0 Å². The summed E-state index contributed by atoms with van der Waals surface area (Å²) in [5.74, 6) is 0.682. The molecule has 0 aromatic rings. The van der Waals surface area contributed by atoms with Gasteiger partial charge in [0.05, 0.1) is 6.61 Å². The average Bonchev–Trinajstić information content (AvgIpc) is 2.29. The highest BCUT2D eigenvalue weighted by atomic mass is 16.5. The van der Waals surface area contributed by atoms with Crippen molar-refractivity contribution < 1.29 is 4.74 Å². The molecule has 0 amide bonds. The monoisotopic (exact) mass is 184 g/mol. The molecule has 1 N–H and O–H groups in total. The van der Waals surface area contributed by atoms with Gasteiger partial charge in [-0.05, 0) is 20.4 Å². The number of fused-ring (bicyclic) bond motifs is 1. The van der Waals surface area contributed by atoms with Crippen LogP contribution >= 0.6 is 0 Å². The molecule has 0 saturated carbocycles. The third-order valence-corrected chi connectivity index (χ3v) is 3.59. The summed E-state index contributed by atoms with van der Waals surface area (Å²) in [5, 5.41) is 3.62. The van der Waals surface area contributed by atoms with Crippen molar-refractivity contribution in [3.63, 3.8) is 0 Å². The summed E-state index contributed by atoms with van der Waals surface area (Å²) in [4.78, 5) is 2.44. The zero-order chi connectivity index (χ0) is 9.26. The number of nitrogens with zero attached hydrogens (tertiary/aromatic N) is 1. The minimum Gasteiger partial charge on any atom is -0.381 e. The van der Waals surface area contributed by atoms with Gasteiger partial charge in [0.2, 0.25) is 0 Å². The molecule has 76 valence electrons. The SMILES string of the molecule is C[C@@H]1[C@H]2COCCC2NCCN1C. The van der Waals surface area contributed by atoms with Gasteiger partial charge in [-0.3, -0.25) is 0 Å². The van der Waals surface area contributed by atoms with Crippen molar-refractivity contribution in [2.75, 3.05) is 33.4 Å². The molecule has 3 nitrogen and oxygen atoms in total. The van der Waals surface area contributed by atoms with Crippen molar-refractivity contribution in [3.05, 3.63) is 0 Å². The van der Waals surface area contributed by atoms with E-state index in [-0.39, 0.29) is 0 Å². The zero-order valence-electron chi connectivity index (χ0n) is 8.62. The summed E-state index contributed by atoms with van der Waals surface area (Å²) in [6, 6.07) is 1.34. The lowest BCUT2D eigenvalue weighted by atomic mass is 9.89. The molecular weight excluding hydrogens is 164 g/mol. The van der Waals surface area contributed by atoms with Crippen LogP contribution in [0.4, 0.5) is 0 Å². The van der Waals surface area contributed by atoms with Gasteiger partial charge >= 0.3 is 0 Å². The first kappa shape index (κ1) is 9.44. The predicted octanol–water partition coefficient (Wildman–Crippen LogP) is 0.315. The maximum Gasteiger partial charge on any atom is 0.0524 e. The fourth-order valence-corrected chi connectivity index (χ4v) is 2.45. The standard InChI is InChI=1S/C10H20N2O/c1-8-9-7-13-6-3-10(9)11-4-5-12(8)2/h8-11H,3-7H2,1-2H3/t8-,9-,10?/m1/s1. The molecule has 0 spiro atoms. The summed E-state index contributed by atoms with van der Waals surface area (Å²) >= 11 is 0. The van der Waals surface area contributed by atoms with Crippen LogP contribution in [0.15, 0.2) is 0 Å².